The van der Waals surface area contributed by atoms with Crippen LogP contribution in [0.2, 0.25) is 5.02 Å². The summed E-state index contributed by atoms with van der Waals surface area (Å²) in [6.45, 7) is 1.48. The van der Waals surface area contributed by atoms with Crippen molar-refractivity contribution in [3.63, 3.8) is 0 Å². The number of nitrogens with zero attached hydrogens (tertiary/aromatic N) is 2. The average Bonchev–Trinajstić information content (AvgIpc) is 3.12. The minimum atomic E-state index is -0.394. The van der Waals surface area contributed by atoms with Crippen LogP contribution in [0.4, 0.5) is 11.4 Å². The van der Waals surface area contributed by atoms with Gasteiger partial charge in [0.05, 0.1) is 0 Å². The molecule has 0 unspecified atom stereocenters. The number of hydrogen-bond donors (Lipinski definition) is 1. The predicted molar refractivity (Wildman–Crippen MR) is 100 cm³/mol. The van der Waals surface area contributed by atoms with Gasteiger partial charge in [-0.15, -0.1) is 0 Å². The molecule has 1 N–H and O–H groups in total. The van der Waals surface area contributed by atoms with Crippen molar-refractivity contribution >= 4 is 34.8 Å². The second-order valence-electron chi connectivity index (χ2n) is 5.67. The Morgan fingerprint density at radius 3 is 2.50 bits per heavy atom. The van der Waals surface area contributed by atoms with E-state index in [9.17, 15) is 9.59 Å². The summed E-state index contributed by atoms with van der Waals surface area (Å²) in [4.78, 5) is 25.2. The van der Waals surface area contributed by atoms with Crippen molar-refractivity contribution < 1.29 is 14.1 Å². The molecule has 0 saturated heterocycles. The minimum Gasteiger partial charge on any atom is -0.355 e. The molecular formula is C19H16ClN3O3. The SMILES string of the molecule is CC(=O)N(C)c1ccc(NC(=O)c2cc(-c3cccc(Cl)c3)on2)cc1. The first-order valence-corrected chi connectivity index (χ1v) is 8.20. The van der Waals surface area contributed by atoms with Gasteiger partial charge in [-0.1, -0.05) is 28.9 Å². The van der Waals surface area contributed by atoms with Crippen LogP contribution in [0, 0.1) is 0 Å². The van der Waals surface area contributed by atoms with E-state index in [1.807, 2.05) is 6.07 Å². The molecule has 0 aliphatic carbocycles. The fraction of sp³-hybridized carbons (Fsp3) is 0.105. The Kier molecular flexibility index (Phi) is 5.04. The number of nitrogens with one attached hydrogen (secondary N) is 1. The molecule has 132 valence electrons. The van der Waals surface area contributed by atoms with E-state index < -0.39 is 5.91 Å². The predicted octanol–water partition coefficient (Wildman–Crippen LogP) is 4.23. The van der Waals surface area contributed by atoms with E-state index in [-0.39, 0.29) is 11.6 Å². The van der Waals surface area contributed by atoms with Gasteiger partial charge in [-0.3, -0.25) is 9.59 Å². The maximum atomic E-state index is 12.3. The lowest BCUT2D eigenvalue weighted by molar-refractivity contribution is -0.116. The molecule has 0 spiro atoms. The molecule has 6 nitrogen and oxygen atoms in total. The van der Waals surface area contributed by atoms with Gasteiger partial charge in [-0.05, 0) is 36.4 Å². The summed E-state index contributed by atoms with van der Waals surface area (Å²) in [6.07, 6.45) is 0. The number of halogens is 1. The van der Waals surface area contributed by atoms with Crippen molar-refractivity contribution in [3.8, 4) is 11.3 Å². The van der Waals surface area contributed by atoms with E-state index >= 15 is 0 Å². The Hall–Kier alpha value is -3.12. The molecule has 26 heavy (non-hydrogen) atoms. The second kappa shape index (κ2) is 7.41. The van der Waals surface area contributed by atoms with Gasteiger partial charge in [-0.2, -0.15) is 0 Å². The van der Waals surface area contributed by atoms with Crippen molar-refractivity contribution in [3.05, 3.63) is 65.3 Å². The smallest absolute Gasteiger partial charge is 0.277 e. The number of carbonyl (C=O) groups is 2. The molecule has 2 aromatic carbocycles. The summed E-state index contributed by atoms with van der Waals surface area (Å²) in [5.41, 5.74) is 2.22. The number of anilines is 2. The zero-order valence-corrected chi connectivity index (χ0v) is 14.9. The van der Waals surface area contributed by atoms with E-state index in [4.69, 9.17) is 16.1 Å². The first-order chi connectivity index (χ1) is 12.4. The third-order valence-electron chi connectivity index (χ3n) is 3.84. The van der Waals surface area contributed by atoms with Crippen LogP contribution in [-0.2, 0) is 4.79 Å². The van der Waals surface area contributed by atoms with E-state index in [1.165, 1.54) is 11.8 Å². The lowest BCUT2D eigenvalue weighted by Gasteiger charge is -2.15. The standard InChI is InChI=1S/C19H16ClN3O3/c1-12(24)23(2)16-8-6-15(7-9-16)21-19(25)17-11-18(26-22-17)13-4-3-5-14(20)10-13/h3-11H,1-2H3,(H,21,25). The van der Waals surface area contributed by atoms with E-state index in [2.05, 4.69) is 10.5 Å². The van der Waals surface area contributed by atoms with Crippen molar-refractivity contribution in [1.29, 1.82) is 0 Å². The number of hydrogen-bond acceptors (Lipinski definition) is 4. The van der Waals surface area contributed by atoms with Crippen molar-refractivity contribution in [2.45, 2.75) is 6.92 Å². The normalized spacial score (nSPS) is 10.4. The highest BCUT2D eigenvalue weighted by molar-refractivity contribution is 6.30. The molecule has 0 atom stereocenters. The van der Waals surface area contributed by atoms with Crippen molar-refractivity contribution in [2.75, 3.05) is 17.3 Å². The van der Waals surface area contributed by atoms with Gasteiger partial charge < -0.3 is 14.7 Å². The van der Waals surface area contributed by atoms with Crippen LogP contribution in [0.15, 0.2) is 59.1 Å². The summed E-state index contributed by atoms with van der Waals surface area (Å²) in [6, 6.07) is 15.6. The van der Waals surface area contributed by atoms with Crippen LogP contribution in [-0.4, -0.2) is 24.0 Å². The van der Waals surface area contributed by atoms with Gasteiger partial charge in [0.25, 0.3) is 5.91 Å². The number of rotatable bonds is 4. The molecule has 0 fully saturated rings. The van der Waals surface area contributed by atoms with Crippen molar-refractivity contribution in [2.24, 2.45) is 0 Å². The number of carbonyl (C=O) groups excluding carboxylic acids is 2. The Labute approximate surface area is 155 Å². The van der Waals surface area contributed by atoms with E-state index in [0.717, 1.165) is 11.3 Å². The summed E-state index contributed by atoms with van der Waals surface area (Å²) >= 11 is 5.96. The summed E-state index contributed by atoms with van der Waals surface area (Å²) < 4.78 is 5.23. The summed E-state index contributed by atoms with van der Waals surface area (Å²) in [5.74, 6) is -0.0105. The molecule has 3 aromatic rings. The zero-order valence-electron chi connectivity index (χ0n) is 14.2. The second-order valence-corrected chi connectivity index (χ2v) is 6.10. The molecule has 0 aliphatic rings. The van der Waals surface area contributed by atoms with Gasteiger partial charge in [0, 0.05) is 42.0 Å². The van der Waals surface area contributed by atoms with Crippen molar-refractivity contribution in [1.82, 2.24) is 5.16 Å². The monoisotopic (exact) mass is 369 g/mol. The average molecular weight is 370 g/mol. The van der Waals surface area contributed by atoms with Gasteiger partial charge >= 0.3 is 0 Å². The lowest BCUT2D eigenvalue weighted by atomic mass is 10.1. The highest BCUT2D eigenvalue weighted by Gasteiger charge is 2.14. The highest BCUT2D eigenvalue weighted by atomic mass is 35.5. The highest BCUT2D eigenvalue weighted by Crippen LogP contribution is 2.24. The Bertz CT molecular complexity index is 951. The zero-order chi connectivity index (χ0) is 18.7. The molecule has 0 bridgehead atoms. The van der Waals surface area contributed by atoms with Crippen LogP contribution in [0.5, 0.6) is 0 Å². The maximum Gasteiger partial charge on any atom is 0.277 e. The molecule has 0 radical (unpaired) electrons. The van der Waals surface area contributed by atoms with Gasteiger partial charge in [0.2, 0.25) is 5.91 Å². The van der Waals surface area contributed by atoms with Crippen LogP contribution >= 0.6 is 11.6 Å². The third-order valence-corrected chi connectivity index (χ3v) is 4.07. The summed E-state index contributed by atoms with van der Waals surface area (Å²) in [7, 11) is 1.68. The minimum absolute atomic E-state index is 0.0714. The number of aromatic nitrogens is 1. The van der Waals surface area contributed by atoms with Crippen LogP contribution in [0.25, 0.3) is 11.3 Å². The topological polar surface area (TPSA) is 75.4 Å². The molecular weight excluding hydrogens is 354 g/mol. The largest absolute Gasteiger partial charge is 0.355 e. The molecule has 3 rings (SSSR count). The van der Waals surface area contributed by atoms with E-state index in [1.54, 1.807) is 55.6 Å². The number of benzene rings is 2. The Morgan fingerprint density at radius 1 is 1.12 bits per heavy atom. The lowest BCUT2D eigenvalue weighted by Crippen LogP contribution is -2.22. The molecule has 0 saturated carbocycles. The Morgan fingerprint density at radius 2 is 1.85 bits per heavy atom. The van der Waals surface area contributed by atoms with Crippen LogP contribution in [0.1, 0.15) is 17.4 Å². The summed E-state index contributed by atoms with van der Waals surface area (Å²) in [5, 5.41) is 7.11. The maximum absolute atomic E-state index is 12.3. The van der Waals surface area contributed by atoms with E-state index in [0.29, 0.717) is 16.5 Å². The van der Waals surface area contributed by atoms with Crippen LogP contribution < -0.4 is 10.2 Å². The molecule has 1 aromatic heterocycles. The quantitative estimate of drug-likeness (QED) is 0.746. The first-order valence-electron chi connectivity index (χ1n) is 7.82. The van der Waals surface area contributed by atoms with Crippen LogP contribution in [0.3, 0.4) is 0 Å². The molecule has 1 heterocycles. The van der Waals surface area contributed by atoms with Gasteiger partial charge in [0.1, 0.15) is 0 Å². The molecule has 0 aliphatic heterocycles. The number of amides is 2. The molecule has 2 amide bonds. The first kappa shape index (κ1) is 17.7. The fourth-order valence-electron chi connectivity index (χ4n) is 2.31. The van der Waals surface area contributed by atoms with Gasteiger partial charge in [0.15, 0.2) is 11.5 Å². The Balaban J connectivity index is 1.72. The van der Waals surface area contributed by atoms with Gasteiger partial charge in [-0.25, -0.2) is 0 Å². The fourth-order valence-corrected chi connectivity index (χ4v) is 2.50. The molecule has 7 heteroatoms. The third kappa shape index (κ3) is 3.92.